The van der Waals surface area contributed by atoms with Crippen molar-refractivity contribution < 1.29 is 24.1 Å². The fourth-order valence-corrected chi connectivity index (χ4v) is 2.10. The number of aliphatic hydroxyl groups is 1. The number of carbonyl (C=O) groups excluding carboxylic acids is 1. The lowest BCUT2D eigenvalue weighted by Crippen LogP contribution is -2.55. The average molecular weight is 246 g/mol. The van der Waals surface area contributed by atoms with Gasteiger partial charge in [0.05, 0.1) is 12.2 Å². The lowest BCUT2D eigenvalue weighted by molar-refractivity contribution is -0.285. The summed E-state index contributed by atoms with van der Waals surface area (Å²) in [5, 5.41) is 10.2. The second-order valence-electron chi connectivity index (χ2n) is 4.51. The van der Waals surface area contributed by atoms with Crippen LogP contribution < -0.4 is 0 Å². The molecule has 0 spiro atoms. The van der Waals surface area contributed by atoms with Gasteiger partial charge in [-0.1, -0.05) is 13.8 Å². The van der Waals surface area contributed by atoms with Gasteiger partial charge in [-0.15, -0.1) is 0 Å². The molecule has 0 amide bonds. The molecule has 1 aliphatic rings. The zero-order valence-electron chi connectivity index (χ0n) is 10.9. The predicted octanol–water partition coefficient (Wildman–Crippen LogP) is 0.739. The second kappa shape index (κ2) is 6.44. The topological polar surface area (TPSA) is 65.0 Å². The van der Waals surface area contributed by atoms with Gasteiger partial charge in [-0.2, -0.15) is 0 Å². The summed E-state index contributed by atoms with van der Waals surface area (Å²) in [7, 11) is 1.50. The Morgan fingerprint density at radius 3 is 2.59 bits per heavy atom. The highest BCUT2D eigenvalue weighted by Gasteiger charge is 2.43. The predicted molar refractivity (Wildman–Crippen MR) is 61.6 cm³/mol. The third-order valence-corrected chi connectivity index (χ3v) is 3.15. The Kier molecular flexibility index (Phi) is 5.52. The van der Waals surface area contributed by atoms with Crippen LogP contribution in [0.15, 0.2) is 0 Å². The lowest BCUT2D eigenvalue weighted by atomic mass is 9.89. The van der Waals surface area contributed by atoms with Gasteiger partial charge in [0.15, 0.2) is 12.1 Å². The molecule has 1 N–H and O–H groups in total. The Labute approximate surface area is 102 Å². The monoisotopic (exact) mass is 246 g/mol. The van der Waals surface area contributed by atoms with Crippen LogP contribution in [0.25, 0.3) is 0 Å². The number of carbonyl (C=O) groups is 1. The average Bonchev–Trinajstić information content (AvgIpc) is 2.30. The normalized spacial score (nSPS) is 38.1. The van der Waals surface area contributed by atoms with Crippen LogP contribution in [0.3, 0.4) is 0 Å². The highest BCUT2D eigenvalue weighted by molar-refractivity contribution is 5.76. The van der Waals surface area contributed by atoms with Crippen LogP contribution in [-0.2, 0) is 19.0 Å². The minimum atomic E-state index is -0.682. The van der Waals surface area contributed by atoms with Gasteiger partial charge in [0.1, 0.15) is 12.7 Å². The summed E-state index contributed by atoms with van der Waals surface area (Å²) in [6.07, 6.45) is -1.16. The van der Waals surface area contributed by atoms with E-state index in [1.54, 1.807) is 0 Å². The Balaban J connectivity index is 2.68. The zero-order chi connectivity index (χ0) is 13.0. The van der Waals surface area contributed by atoms with E-state index in [0.717, 1.165) is 6.42 Å². The first kappa shape index (κ1) is 14.6. The Hall–Kier alpha value is -0.490. The number of hydrogen-bond acceptors (Lipinski definition) is 5. The van der Waals surface area contributed by atoms with Crippen molar-refractivity contribution in [3.8, 4) is 0 Å². The molecule has 0 saturated carbocycles. The van der Waals surface area contributed by atoms with E-state index in [4.69, 9.17) is 14.2 Å². The molecular weight excluding hydrogens is 224 g/mol. The quantitative estimate of drug-likeness (QED) is 0.775. The molecule has 0 bridgehead atoms. The third-order valence-electron chi connectivity index (χ3n) is 3.15. The fourth-order valence-electron chi connectivity index (χ4n) is 2.10. The summed E-state index contributed by atoms with van der Waals surface area (Å²) in [4.78, 5) is 10.9. The van der Waals surface area contributed by atoms with Crippen LogP contribution in [0, 0.1) is 5.92 Å². The fraction of sp³-hybridized carbons (Fsp3) is 0.917. The minimum absolute atomic E-state index is 0.0333. The molecule has 1 fully saturated rings. The van der Waals surface area contributed by atoms with E-state index in [9.17, 15) is 9.90 Å². The molecule has 100 valence electrons. The maximum Gasteiger partial charge on any atom is 0.186 e. The van der Waals surface area contributed by atoms with E-state index in [-0.39, 0.29) is 24.4 Å². The van der Waals surface area contributed by atoms with Crippen molar-refractivity contribution in [2.45, 2.75) is 51.8 Å². The van der Waals surface area contributed by atoms with Crippen molar-refractivity contribution >= 4 is 5.78 Å². The van der Waals surface area contributed by atoms with Gasteiger partial charge in [0, 0.05) is 13.0 Å². The largest absolute Gasteiger partial charge is 0.390 e. The molecule has 0 aliphatic carbocycles. The first-order valence-electron chi connectivity index (χ1n) is 5.98. The van der Waals surface area contributed by atoms with Crippen molar-refractivity contribution in [1.29, 1.82) is 0 Å². The molecule has 5 nitrogen and oxygen atoms in total. The maximum absolute atomic E-state index is 10.9. The minimum Gasteiger partial charge on any atom is -0.390 e. The molecule has 5 heteroatoms. The number of methoxy groups -OCH3 is 1. The van der Waals surface area contributed by atoms with Crippen LogP contribution >= 0.6 is 0 Å². The molecule has 17 heavy (non-hydrogen) atoms. The van der Waals surface area contributed by atoms with Gasteiger partial charge in [0.2, 0.25) is 0 Å². The molecule has 1 aliphatic heterocycles. The van der Waals surface area contributed by atoms with Gasteiger partial charge < -0.3 is 19.3 Å². The van der Waals surface area contributed by atoms with Crippen LogP contribution in [0.2, 0.25) is 0 Å². The number of rotatable bonds is 5. The summed E-state index contributed by atoms with van der Waals surface area (Å²) in [6.45, 7) is 5.32. The van der Waals surface area contributed by atoms with E-state index in [1.807, 2.05) is 13.8 Å². The van der Waals surface area contributed by atoms with Gasteiger partial charge >= 0.3 is 0 Å². The van der Waals surface area contributed by atoms with Gasteiger partial charge in [0.25, 0.3) is 0 Å². The molecule has 2 unspecified atom stereocenters. The van der Waals surface area contributed by atoms with Crippen molar-refractivity contribution in [2.24, 2.45) is 5.92 Å². The van der Waals surface area contributed by atoms with E-state index < -0.39 is 18.5 Å². The molecule has 1 rings (SSSR count). The first-order valence-corrected chi connectivity index (χ1v) is 5.98. The highest BCUT2D eigenvalue weighted by Crippen LogP contribution is 2.29. The van der Waals surface area contributed by atoms with Gasteiger partial charge in [-0.25, -0.2) is 0 Å². The Morgan fingerprint density at radius 1 is 1.47 bits per heavy atom. The van der Waals surface area contributed by atoms with Crippen molar-refractivity contribution in [3.63, 3.8) is 0 Å². The molecule has 1 heterocycles. The van der Waals surface area contributed by atoms with Crippen LogP contribution in [0.5, 0.6) is 0 Å². The smallest absolute Gasteiger partial charge is 0.186 e. The van der Waals surface area contributed by atoms with Crippen molar-refractivity contribution in [3.05, 3.63) is 0 Å². The van der Waals surface area contributed by atoms with E-state index in [0.29, 0.717) is 0 Å². The molecule has 0 aromatic heterocycles. The number of Topliss-reactive ketones (excluding diaryl/α,β-unsaturated/α-hetero) is 1. The van der Waals surface area contributed by atoms with Crippen LogP contribution in [-0.4, -0.2) is 49.2 Å². The molecule has 0 aromatic carbocycles. The first-order chi connectivity index (χ1) is 8.01. The Bertz CT molecular complexity index is 253. The molecular formula is C12H22O5. The molecule has 1 saturated heterocycles. The van der Waals surface area contributed by atoms with E-state index in [1.165, 1.54) is 14.0 Å². The number of hydrogen-bond donors (Lipinski definition) is 1. The Morgan fingerprint density at radius 2 is 2.12 bits per heavy atom. The molecule has 5 atom stereocenters. The maximum atomic E-state index is 10.9. The summed E-state index contributed by atoms with van der Waals surface area (Å²) in [6, 6.07) is 0. The van der Waals surface area contributed by atoms with E-state index in [2.05, 4.69) is 0 Å². The third kappa shape index (κ3) is 3.48. The summed E-state index contributed by atoms with van der Waals surface area (Å²) >= 11 is 0. The van der Waals surface area contributed by atoms with Crippen LogP contribution in [0.4, 0.5) is 0 Å². The second-order valence-corrected chi connectivity index (χ2v) is 4.51. The lowest BCUT2D eigenvalue weighted by Gasteiger charge is -2.42. The zero-order valence-corrected chi connectivity index (χ0v) is 10.9. The highest BCUT2D eigenvalue weighted by atomic mass is 16.7. The van der Waals surface area contributed by atoms with Gasteiger partial charge in [-0.3, -0.25) is 4.79 Å². The van der Waals surface area contributed by atoms with Crippen molar-refractivity contribution in [2.75, 3.05) is 13.7 Å². The SMILES string of the molecule is CCC1O[C@H](OC)C(OCC(C)=O)[C@@H](O)[C@@H]1C. The van der Waals surface area contributed by atoms with E-state index >= 15 is 0 Å². The number of ether oxygens (including phenoxy) is 3. The number of ketones is 1. The van der Waals surface area contributed by atoms with Crippen LogP contribution in [0.1, 0.15) is 27.2 Å². The standard InChI is InChI=1S/C12H22O5/c1-5-9-8(3)10(14)11(12(15-4)17-9)16-6-7(2)13/h8-12,14H,5-6H2,1-4H3/t8-,9?,10+,11?,12+/m1/s1. The van der Waals surface area contributed by atoms with Gasteiger partial charge in [-0.05, 0) is 13.3 Å². The number of aliphatic hydroxyl groups excluding tert-OH is 1. The molecule has 0 aromatic rings. The summed E-state index contributed by atoms with van der Waals surface area (Å²) < 4.78 is 16.2. The van der Waals surface area contributed by atoms with Crippen molar-refractivity contribution in [1.82, 2.24) is 0 Å². The summed E-state index contributed by atoms with van der Waals surface area (Å²) in [5.74, 6) is -0.124. The summed E-state index contributed by atoms with van der Waals surface area (Å²) in [5.41, 5.74) is 0. The molecule has 0 radical (unpaired) electrons.